The van der Waals surface area contributed by atoms with E-state index in [1.165, 1.54) is 0 Å². The first-order valence-corrected chi connectivity index (χ1v) is 6.18. The number of phenolic OH excluding ortho intramolecular Hbond substituents is 1. The lowest BCUT2D eigenvalue weighted by Crippen LogP contribution is -2.22. The van der Waals surface area contributed by atoms with Crippen molar-refractivity contribution in [2.75, 3.05) is 13.1 Å². The van der Waals surface area contributed by atoms with Crippen LogP contribution in [0.4, 0.5) is 0 Å². The van der Waals surface area contributed by atoms with Crippen LogP contribution in [0, 0.1) is 0 Å². The van der Waals surface area contributed by atoms with E-state index in [0.29, 0.717) is 5.75 Å². The van der Waals surface area contributed by atoms with Crippen molar-refractivity contribution < 1.29 is 5.11 Å². The van der Waals surface area contributed by atoms with Gasteiger partial charge in [0, 0.05) is 17.5 Å². The van der Waals surface area contributed by atoms with Crippen molar-refractivity contribution in [3.63, 3.8) is 0 Å². The third-order valence-corrected chi connectivity index (χ3v) is 3.27. The maximum atomic E-state index is 10.3. The van der Waals surface area contributed by atoms with Crippen LogP contribution in [0.15, 0.2) is 36.4 Å². The zero-order valence-corrected chi connectivity index (χ0v) is 10.5. The zero-order chi connectivity index (χ0) is 12.3. The van der Waals surface area contributed by atoms with Gasteiger partial charge in [-0.1, -0.05) is 50.2 Å². The zero-order valence-electron chi connectivity index (χ0n) is 10.5. The summed E-state index contributed by atoms with van der Waals surface area (Å²) in [5, 5.41) is 12.3. The van der Waals surface area contributed by atoms with Gasteiger partial charge in [-0.05, 0) is 18.5 Å². The van der Waals surface area contributed by atoms with E-state index >= 15 is 0 Å². The highest BCUT2D eigenvalue weighted by molar-refractivity contribution is 5.89. The molecule has 17 heavy (non-hydrogen) atoms. The largest absolute Gasteiger partial charge is 0.507 e. The molecule has 0 unspecified atom stereocenters. The van der Waals surface area contributed by atoms with Gasteiger partial charge >= 0.3 is 0 Å². The summed E-state index contributed by atoms with van der Waals surface area (Å²) in [5.74, 6) is 0.426. The Morgan fingerprint density at radius 2 is 1.71 bits per heavy atom. The van der Waals surface area contributed by atoms with Gasteiger partial charge in [-0.3, -0.25) is 4.90 Å². The van der Waals surface area contributed by atoms with Crippen LogP contribution in [0.25, 0.3) is 10.8 Å². The number of hydrogen-bond acceptors (Lipinski definition) is 2. The monoisotopic (exact) mass is 229 g/mol. The van der Waals surface area contributed by atoms with Gasteiger partial charge in [-0.15, -0.1) is 0 Å². The first kappa shape index (κ1) is 11.9. The minimum absolute atomic E-state index is 0.426. The molecule has 0 aliphatic rings. The molecular formula is C15H19NO. The Morgan fingerprint density at radius 1 is 1.00 bits per heavy atom. The minimum Gasteiger partial charge on any atom is -0.507 e. The Balaban J connectivity index is 2.38. The molecule has 0 radical (unpaired) electrons. The predicted octanol–water partition coefficient (Wildman–Crippen LogP) is 3.39. The maximum Gasteiger partial charge on any atom is 0.127 e. The van der Waals surface area contributed by atoms with Crippen molar-refractivity contribution in [2.45, 2.75) is 20.4 Å². The molecule has 0 spiro atoms. The van der Waals surface area contributed by atoms with Gasteiger partial charge in [0.2, 0.25) is 0 Å². The lowest BCUT2D eigenvalue weighted by atomic mass is 10.0. The SMILES string of the molecule is CCN(CC)Cc1ccc2ccccc2c1O. The molecule has 0 aliphatic carbocycles. The Hall–Kier alpha value is -1.54. The second-order valence-corrected chi connectivity index (χ2v) is 4.26. The van der Waals surface area contributed by atoms with Crippen molar-refractivity contribution in [1.29, 1.82) is 0 Å². The van der Waals surface area contributed by atoms with Crippen molar-refractivity contribution in [1.82, 2.24) is 4.90 Å². The normalized spacial score (nSPS) is 11.2. The molecule has 0 heterocycles. The summed E-state index contributed by atoms with van der Waals surface area (Å²) < 4.78 is 0. The summed E-state index contributed by atoms with van der Waals surface area (Å²) in [7, 11) is 0. The van der Waals surface area contributed by atoms with Gasteiger partial charge in [0.25, 0.3) is 0 Å². The molecule has 0 bridgehead atoms. The first-order chi connectivity index (χ1) is 8.26. The van der Waals surface area contributed by atoms with Crippen LogP contribution in [-0.4, -0.2) is 23.1 Å². The van der Waals surface area contributed by atoms with Crippen LogP contribution >= 0.6 is 0 Å². The molecule has 2 heteroatoms. The fourth-order valence-corrected chi connectivity index (χ4v) is 2.12. The topological polar surface area (TPSA) is 23.5 Å². The number of phenols is 1. The van der Waals surface area contributed by atoms with Crippen molar-refractivity contribution in [3.05, 3.63) is 42.0 Å². The van der Waals surface area contributed by atoms with Crippen molar-refractivity contribution >= 4 is 10.8 Å². The first-order valence-electron chi connectivity index (χ1n) is 6.18. The van der Waals surface area contributed by atoms with Gasteiger partial charge in [0.15, 0.2) is 0 Å². The molecule has 2 nitrogen and oxygen atoms in total. The Kier molecular flexibility index (Phi) is 3.64. The second kappa shape index (κ2) is 5.19. The predicted molar refractivity (Wildman–Crippen MR) is 72.2 cm³/mol. The lowest BCUT2D eigenvalue weighted by molar-refractivity contribution is 0.291. The molecule has 0 aliphatic heterocycles. The second-order valence-electron chi connectivity index (χ2n) is 4.26. The van der Waals surface area contributed by atoms with Crippen LogP contribution in [0.3, 0.4) is 0 Å². The van der Waals surface area contributed by atoms with E-state index in [0.717, 1.165) is 36.0 Å². The molecule has 0 saturated heterocycles. The highest BCUT2D eigenvalue weighted by Gasteiger charge is 2.08. The van der Waals surface area contributed by atoms with E-state index < -0.39 is 0 Å². The van der Waals surface area contributed by atoms with Gasteiger partial charge in [-0.25, -0.2) is 0 Å². The Bertz CT molecular complexity index is 503. The number of hydrogen-bond donors (Lipinski definition) is 1. The maximum absolute atomic E-state index is 10.3. The van der Waals surface area contributed by atoms with E-state index in [9.17, 15) is 5.11 Å². The molecule has 0 atom stereocenters. The number of nitrogens with zero attached hydrogens (tertiary/aromatic N) is 1. The number of benzene rings is 2. The van der Waals surface area contributed by atoms with Crippen LogP contribution < -0.4 is 0 Å². The lowest BCUT2D eigenvalue weighted by Gasteiger charge is -2.19. The molecule has 0 amide bonds. The van der Waals surface area contributed by atoms with Gasteiger partial charge in [0.05, 0.1) is 0 Å². The fraction of sp³-hybridized carbons (Fsp3) is 0.333. The summed E-state index contributed by atoms with van der Waals surface area (Å²) in [6.45, 7) is 7.10. The fourth-order valence-electron chi connectivity index (χ4n) is 2.12. The smallest absolute Gasteiger partial charge is 0.127 e. The van der Waals surface area contributed by atoms with Crippen LogP contribution in [0.5, 0.6) is 5.75 Å². The standard InChI is InChI=1S/C15H19NO/c1-3-16(4-2)11-13-10-9-12-7-5-6-8-14(12)15(13)17/h5-10,17H,3-4,11H2,1-2H3. The van der Waals surface area contributed by atoms with Crippen LogP contribution in [-0.2, 0) is 6.54 Å². The third kappa shape index (κ3) is 2.42. The third-order valence-electron chi connectivity index (χ3n) is 3.27. The molecule has 2 rings (SSSR count). The molecule has 2 aromatic carbocycles. The summed E-state index contributed by atoms with van der Waals surface area (Å²) in [6, 6.07) is 12.0. The van der Waals surface area contributed by atoms with Crippen molar-refractivity contribution in [2.24, 2.45) is 0 Å². The average Bonchev–Trinajstić information content (AvgIpc) is 2.38. The van der Waals surface area contributed by atoms with E-state index in [1.807, 2.05) is 30.3 Å². The Morgan fingerprint density at radius 3 is 2.41 bits per heavy atom. The van der Waals surface area contributed by atoms with E-state index in [1.54, 1.807) is 0 Å². The molecule has 0 aromatic heterocycles. The summed E-state index contributed by atoms with van der Waals surface area (Å²) in [5.41, 5.74) is 1.01. The molecule has 1 N–H and O–H groups in total. The van der Waals surface area contributed by atoms with E-state index in [4.69, 9.17) is 0 Å². The molecule has 0 saturated carbocycles. The van der Waals surface area contributed by atoms with Gasteiger partial charge in [-0.2, -0.15) is 0 Å². The summed E-state index contributed by atoms with van der Waals surface area (Å²) in [6.07, 6.45) is 0. The number of rotatable bonds is 4. The molecular weight excluding hydrogens is 210 g/mol. The van der Waals surface area contributed by atoms with E-state index in [2.05, 4.69) is 24.8 Å². The van der Waals surface area contributed by atoms with Crippen LogP contribution in [0.2, 0.25) is 0 Å². The van der Waals surface area contributed by atoms with Crippen molar-refractivity contribution in [3.8, 4) is 5.75 Å². The highest BCUT2D eigenvalue weighted by Crippen LogP contribution is 2.29. The summed E-state index contributed by atoms with van der Waals surface area (Å²) in [4.78, 5) is 2.30. The number of aromatic hydroxyl groups is 1. The minimum atomic E-state index is 0.426. The average molecular weight is 229 g/mol. The Labute approximate surface area is 102 Å². The number of fused-ring (bicyclic) bond motifs is 1. The van der Waals surface area contributed by atoms with Crippen LogP contribution in [0.1, 0.15) is 19.4 Å². The summed E-state index contributed by atoms with van der Waals surface area (Å²) >= 11 is 0. The van der Waals surface area contributed by atoms with Gasteiger partial charge in [0.1, 0.15) is 5.75 Å². The molecule has 2 aromatic rings. The highest BCUT2D eigenvalue weighted by atomic mass is 16.3. The van der Waals surface area contributed by atoms with E-state index in [-0.39, 0.29) is 0 Å². The van der Waals surface area contributed by atoms with Gasteiger partial charge < -0.3 is 5.11 Å². The molecule has 0 fully saturated rings. The molecule has 90 valence electrons. The quantitative estimate of drug-likeness (QED) is 0.868.